The van der Waals surface area contributed by atoms with Crippen LogP contribution in [0, 0.1) is 0 Å². The maximum Gasteiger partial charge on any atom is 0.118 e. The highest BCUT2D eigenvalue weighted by atomic mass is 16.5. The van der Waals surface area contributed by atoms with Crippen LogP contribution in [0.2, 0.25) is 0 Å². The SMILES string of the molecule is COc1ccc([C@@]2(CCN[C@H](C)c3ccccc3)CCOC(C)(C)C2)cc1. The second-order valence-corrected chi connectivity index (χ2v) is 8.38. The van der Waals surface area contributed by atoms with Gasteiger partial charge < -0.3 is 14.8 Å². The number of hydrogen-bond donors (Lipinski definition) is 1. The van der Waals surface area contributed by atoms with Crippen molar-refractivity contribution in [3.05, 3.63) is 65.7 Å². The van der Waals surface area contributed by atoms with Gasteiger partial charge in [-0.3, -0.25) is 0 Å². The van der Waals surface area contributed by atoms with E-state index in [0.29, 0.717) is 6.04 Å². The Labute approximate surface area is 164 Å². The molecule has 0 spiro atoms. The highest BCUT2D eigenvalue weighted by Crippen LogP contribution is 2.44. The molecule has 0 unspecified atom stereocenters. The van der Waals surface area contributed by atoms with Gasteiger partial charge in [-0.25, -0.2) is 0 Å². The lowest BCUT2D eigenvalue weighted by molar-refractivity contribution is -0.0840. The van der Waals surface area contributed by atoms with E-state index in [0.717, 1.165) is 38.2 Å². The van der Waals surface area contributed by atoms with Gasteiger partial charge in [-0.05, 0) is 69.8 Å². The lowest BCUT2D eigenvalue weighted by Gasteiger charge is -2.45. The molecule has 0 amide bonds. The van der Waals surface area contributed by atoms with Gasteiger partial charge >= 0.3 is 0 Å². The fourth-order valence-electron chi connectivity index (χ4n) is 4.41. The summed E-state index contributed by atoms with van der Waals surface area (Å²) in [6, 6.07) is 19.6. The molecule has 2 aromatic carbocycles. The molecular weight excluding hydrogens is 334 g/mol. The highest BCUT2D eigenvalue weighted by molar-refractivity contribution is 5.33. The molecule has 1 aliphatic heterocycles. The van der Waals surface area contributed by atoms with Crippen LogP contribution in [0.4, 0.5) is 0 Å². The number of benzene rings is 2. The molecule has 0 aromatic heterocycles. The minimum absolute atomic E-state index is 0.0940. The van der Waals surface area contributed by atoms with Crippen molar-refractivity contribution in [1.29, 1.82) is 0 Å². The van der Waals surface area contributed by atoms with E-state index in [1.165, 1.54) is 11.1 Å². The van der Waals surface area contributed by atoms with Crippen molar-refractivity contribution in [1.82, 2.24) is 5.32 Å². The Morgan fingerprint density at radius 2 is 1.78 bits per heavy atom. The predicted molar refractivity (Wildman–Crippen MR) is 111 cm³/mol. The largest absolute Gasteiger partial charge is 0.497 e. The molecule has 146 valence electrons. The molecule has 3 heteroatoms. The third-order valence-electron chi connectivity index (χ3n) is 5.89. The summed E-state index contributed by atoms with van der Waals surface area (Å²) in [5.74, 6) is 0.913. The molecule has 1 heterocycles. The Bertz CT molecular complexity index is 711. The first-order valence-corrected chi connectivity index (χ1v) is 10.0. The monoisotopic (exact) mass is 367 g/mol. The van der Waals surface area contributed by atoms with Crippen molar-refractivity contribution < 1.29 is 9.47 Å². The number of nitrogens with one attached hydrogen (secondary N) is 1. The number of ether oxygens (including phenoxy) is 2. The van der Waals surface area contributed by atoms with Crippen LogP contribution < -0.4 is 10.1 Å². The van der Waals surface area contributed by atoms with E-state index in [9.17, 15) is 0 Å². The van der Waals surface area contributed by atoms with E-state index < -0.39 is 0 Å². The van der Waals surface area contributed by atoms with Crippen molar-refractivity contribution >= 4 is 0 Å². The first kappa shape index (κ1) is 19.9. The van der Waals surface area contributed by atoms with Gasteiger partial charge in [-0.2, -0.15) is 0 Å². The van der Waals surface area contributed by atoms with E-state index in [1.807, 2.05) is 0 Å². The lowest BCUT2D eigenvalue weighted by Crippen LogP contribution is -2.45. The van der Waals surface area contributed by atoms with E-state index in [1.54, 1.807) is 7.11 Å². The van der Waals surface area contributed by atoms with E-state index >= 15 is 0 Å². The lowest BCUT2D eigenvalue weighted by atomic mass is 9.67. The quantitative estimate of drug-likeness (QED) is 0.724. The van der Waals surface area contributed by atoms with Gasteiger partial charge in [0.2, 0.25) is 0 Å². The van der Waals surface area contributed by atoms with Crippen LogP contribution >= 0.6 is 0 Å². The molecule has 0 saturated carbocycles. The van der Waals surface area contributed by atoms with Crippen LogP contribution in [0.1, 0.15) is 57.2 Å². The second-order valence-electron chi connectivity index (χ2n) is 8.38. The average Bonchev–Trinajstić information content (AvgIpc) is 2.68. The first-order valence-electron chi connectivity index (χ1n) is 10.0. The molecule has 1 saturated heterocycles. The Morgan fingerprint density at radius 1 is 1.07 bits per heavy atom. The predicted octanol–water partition coefficient (Wildman–Crippen LogP) is 5.26. The van der Waals surface area contributed by atoms with E-state index in [-0.39, 0.29) is 11.0 Å². The van der Waals surface area contributed by atoms with Crippen molar-refractivity contribution in [2.75, 3.05) is 20.3 Å². The average molecular weight is 368 g/mol. The molecule has 3 nitrogen and oxygen atoms in total. The van der Waals surface area contributed by atoms with Gasteiger partial charge in [-0.1, -0.05) is 42.5 Å². The molecule has 27 heavy (non-hydrogen) atoms. The van der Waals surface area contributed by atoms with Crippen LogP contribution in [0.25, 0.3) is 0 Å². The topological polar surface area (TPSA) is 30.5 Å². The zero-order valence-electron chi connectivity index (χ0n) is 17.1. The molecule has 1 aliphatic rings. The number of methoxy groups -OCH3 is 1. The zero-order valence-corrected chi connectivity index (χ0v) is 17.1. The molecule has 2 aromatic rings. The summed E-state index contributed by atoms with van der Waals surface area (Å²) in [6.07, 6.45) is 3.20. The smallest absolute Gasteiger partial charge is 0.118 e. The van der Waals surface area contributed by atoms with Crippen molar-refractivity contribution in [2.24, 2.45) is 0 Å². The highest BCUT2D eigenvalue weighted by Gasteiger charge is 2.41. The molecule has 3 rings (SSSR count). The van der Waals surface area contributed by atoms with E-state index in [4.69, 9.17) is 9.47 Å². The Balaban J connectivity index is 1.74. The first-order chi connectivity index (χ1) is 12.9. The van der Waals surface area contributed by atoms with Crippen LogP contribution in [0.3, 0.4) is 0 Å². The van der Waals surface area contributed by atoms with Gasteiger partial charge in [0.15, 0.2) is 0 Å². The molecular formula is C24H33NO2. The summed E-state index contributed by atoms with van der Waals surface area (Å²) in [5, 5.41) is 3.73. The molecule has 1 N–H and O–H groups in total. The molecule has 0 aliphatic carbocycles. The fourth-order valence-corrected chi connectivity index (χ4v) is 4.41. The maximum absolute atomic E-state index is 6.04. The third kappa shape index (κ3) is 4.91. The summed E-state index contributed by atoms with van der Waals surface area (Å²) in [7, 11) is 1.72. The van der Waals surface area contributed by atoms with Crippen molar-refractivity contribution in [2.45, 2.75) is 57.1 Å². The summed E-state index contributed by atoms with van der Waals surface area (Å²) in [6.45, 7) is 8.46. The van der Waals surface area contributed by atoms with Gasteiger partial charge in [0, 0.05) is 18.1 Å². The fraction of sp³-hybridized carbons (Fsp3) is 0.500. The Hall–Kier alpha value is -1.84. The second kappa shape index (κ2) is 8.45. The van der Waals surface area contributed by atoms with Crippen molar-refractivity contribution in [3.8, 4) is 5.75 Å². The summed E-state index contributed by atoms with van der Waals surface area (Å²) < 4.78 is 11.4. The summed E-state index contributed by atoms with van der Waals surface area (Å²) in [4.78, 5) is 0. The van der Waals surface area contributed by atoms with Gasteiger partial charge in [-0.15, -0.1) is 0 Å². The maximum atomic E-state index is 6.04. The van der Waals surface area contributed by atoms with Crippen LogP contribution in [-0.2, 0) is 10.2 Å². The third-order valence-corrected chi connectivity index (χ3v) is 5.89. The normalized spacial score (nSPS) is 23.0. The van der Waals surface area contributed by atoms with Crippen LogP contribution in [0.15, 0.2) is 54.6 Å². The summed E-state index contributed by atoms with van der Waals surface area (Å²) in [5.41, 5.74) is 2.78. The van der Waals surface area contributed by atoms with Gasteiger partial charge in [0.25, 0.3) is 0 Å². The standard InChI is InChI=1S/C24H33NO2/c1-19(20-8-6-5-7-9-20)25-16-14-24(15-17-27-23(2,3)18-24)21-10-12-22(26-4)13-11-21/h5-13,19,25H,14-18H2,1-4H3/t19-,24+/m1/s1. The minimum atomic E-state index is -0.0940. The molecule has 2 atom stereocenters. The zero-order chi connectivity index (χ0) is 19.3. The van der Waals surface area contributed by atoms with Gasteiger partial charge in [0.05, 0.1) is 12.7 Å². The molecule has 0 radical (unpaired) electrons. The van der Waals surface area contributed by atoms with Gasteiger partial charge in [0.1, 0.15) is 5.75 Å². The number of hydrogen-bond acceptors (Lipinski definition) is 3. The molecule has 0 bridgehead atoms. The minimum Gasteiger partial charge on any atom is -0.497 e. The van der Waals surface area contributed by atoms with Crippen LogP contribution in [-0.4, -0.2) is 25.9 Å². The van der Waals surface area contributed by atoms with E-state index in [2.05, 4.69) is 80.7 Å². The van der Waals surface area contributed by atoms with Crippen molar-refractivity contribution in [3.63, 3.8) is 0 Å². The summed E-state index contributed by atoms with van der Waals surface area (Å²) >= 11 is 0. The van der Waals surface area contributed by atoms with Crippen LogP contribution in [0.5, 0.6) is 5.75 Å². The molecule has 1 fully saturated rings. The number of rotatable bonds is 7. The Morgan fingerprint density at radius 3 is 2.41 bits per heavy atom. The Kier molecular flexibility index (Phi) is 6.23.